The molecule has 80 valence electrons. The highest BCUT2D eigenvalue weighted by atomic mass is 16.3. The minimum absolute atomic E-state index is 0.0917. The van der Waals surface area contributed by atoms with Gasteiger partial charge >= 0.3 is 0 Å². The van der Waals surface area contributed by atoms with Crippen LogP contribution in [0.25, 0.3) is 0 Å². The first-order valence-corrected chi connectivity index (χ1v) is 4.77. The molecule has 1 rings (SSSR count). The van der Waals surface area contributed by atoms with Crippen molar-refractivity contribution in [3.05, 3.63) is 42.6 Å². The maximum absolute atomic E-state index is 11.1. The van der Waals surface area contributed by atoms with Gasteiger partial charge in [0.05, 0.1) is 12.5 Å². The molecule has 2 N–H and O–H groups in total. The number of aliphatic hydroxyl groups is 1. The minimum Gasteiger partial charge on any atom is -0.395 e. The van der Waals surface area contributed by atoms with Crippen molar-refractivity contribution in [3.8, 4) is 0 Å². The molecule has 0 saturated carbocycles. The van der Waals surface area contributed by atoms with Crippen LogP contribution in [0.5, 0.6) is 0 Å². The van der Waals surface area contributed by atoms with Gasteiger partial charge in [-0.1, -0.05) is 24.8 Å². The van der Waals surface area contributed by atoms with Crippen molar-refractivity contribution in [3.63, 3.8) is 0 Å². The summed E-state index contributed by atoms with van der Waals surface area (Å²) in [5, 5.41) is 12.0. The Morgan fingerprint density at radius 1 is 1.47 bits per heavy atom. The minimum atomic E-state index is -0.537. The Morgan fingerprint density at radius 3 is 2.53 bits per heavy atom. The number of para-hydroxylation sites is 1. The Morgan fingerprint density at radius 2 is 2.07 bits per heavy atom. The summed E-state index contributed by atoms with van der Waals surface area (Å²) in [6.07, 6.45) is 0. The van der Waals surface area contributed by atoms with Gasteiger partial charge in [-0.3, -0.25) is 4.79 Å². The van der Waals surface area contributed by atoms with Crippen molar-refractivity contribution >= 4 is 11.5 Å². The first kappa shape index (κ1) is 11.5. The van der Waals surface area contributed by atoms with E-state index in [1.807, 2.05) is 30.3 Å². The molecule has 15 heavy (non-hydrogen) atoms. The molecule has 3 heteroatoms. The van der Waals surface area contributed by atoms with E-state index in [0.717, 1.165) is 5.69 Å². The summed E-state index contributed by atoms with van der Waals surface area (Å²) in [4.78, 5) is 11.1. The van der Waals surface area contributed by atoms with Crippen LogP contribution in [0.2, 0.25) is 0 Å². The number of anilines is 1. The van der Waals surface area contributed by atoms with E-state index in [1.165, 1.54) is 6.92 Å². The molecular formula is C12H15NO2. The summed E-state index contributed by atoms with van der Waals surface area (Å²) >= 11 is 0. The Labute approximate surface area is 89.4 Å². The van der Waals surface area contributed by atoms with E-state index in [1.54, 1.807) is 0 Å². The summed E-state index contributed by atoms with van der Waals surface area (Å²) in [7, 11) is 0. The molecule has 0 saturated heterocycles. The number of aliphatic hydroxyl groups excluding tert-OH is 1. The molecule has 0 bridgehead atoms. The van der Waals surface area contributed by atoms with Crippen molar-refractivity contribution in [1.82, 2.24) is 0 Å². The van der Waals surface area contributed by atoms with Crippen molar-refractivity contribution in [2.24, 2.45) is 5.92 Å². The second kappa shape index (κ2) is 5.32. The van der Waals surface area contributed by atoms with E-state index < -0.39 is 5.92 Å². The Kier molecular flexibility index (Phi) is 4.06. The second-order valence-electron chi connectivity index (χ2n) is 3.36. The Balaban J connectivity index is 2.66. The second-order valence-corrected chi connectivity index (χ2v) is 3.36. The van der Waals surface area contributed by atoms with Gasteiger partial charge in [0.15, 0.2) is 0 Å². The lowest BCUT2D eigenvalue weighted by Gasteiger charge is -2.16. The van der Waals surface area contributed by atoms with E-state index in [-0.39, 0.29) is 12.4 Å². The van der Waals surface area contributed by atoms with Crippen LogP contribution in [0.4, 0.5) is 5.69 Å². The third kappa shape index (κ3) is 3.22. The summed E-state index contributed by atoms with van der Waals surface area (Å²) in [5.74, 6) is -0.629. The lowest BCUT2D eigenvalue weighted by atomic mass is 10.0. The fourth-order valence-corrected chi connectivity index (χ4v) is 1.28. The highest BCUT2D eigenvalue weighted by Gasteiger charge is 2.16. The van der Waals surface area contributed by atoms with Gasteiger partial charge in [0.2, 0.25) is 0 Å². The molecule has 1 atom stereocenters. The quantitative estimate of drug-likeness (QED) is 0.770. The predicted molar refractivity (Wildman–Crippen MR) is 60.5 cm³/mol. The van der Waals surface area contributed by atoms with Crippen molar-refractivity contribution in [1.29, 1.82) is 0 Å². The zero-order valence-corrected chi connectivity index (χ0v) is 8.73. The molecule has 0 aliphatic heterocycles. The maximum atomic E-state index is 11.1. The molecule has 1 aromatic rings. The first-order chi connectivity index (χ1) is 7.15. The van der Waals surface area contributed by atoms with E-state index >= 15 is 0 Å². The third-order valence-corrected chi connectivity index (χ3v) is 2.17. The number of carbonyl (C=O) groups is 1. The molecule has 1 unspecified atom stereocenters. The molecule has 0 fully saturated rings. The number of ketones is 1. The topological polar surface area (TPSA) is 49.3 Å². The van der Waals surface area contributed by atoms with E-state index in [2.05, 4.69) is 11.9 Å². The highest BCUT2D eigenvalue weighted by molar-refractivity contribution is 5.82. The van der Waals surface area contributed by atoms with Gasteiger partial charge in [-0.15, -0.1) is 0 Å². The van der Waals surface area contributed by atoms with Crippen LogP contribution in [-0.2, 0) is 4.79 Å². The number of carbonyl (C=O) groups excluding carboxylic acids is 1. The number of rotatable bonds is 5. The number of hydrogen-bond acceptors (Lipinski definition) is 3. The predicted octanol–water partition coefficient (Wildman–Crippen LogP) is 1.81. The van der Waals surface area contributed by atoms with Crippen LogP contribution in [-0.4, -0.2) is 17.5 Å². The molecule has 0 aliphatic carbocycles. The first-order valence-electron chi connectivity index (χ1n) is 4.77. The van der Waals surface area contributed by atoms with Gasteiger partial charge in [-0.05, 0) is 19.1 Å². The van der Waals surface area contributed by atoms with Gasteiger partial charge in [-0.2, -0.15) is 0 Å². The van der Waals surface area contributed by atoms with Crippen LogP contribution in [0.15, 0.2) is 42.6 Å². The summed E-state index contributed by atoms with van der Waals surface area (Å²) in [6.45, 7) is 4.98. The molecule has 0 radical (unpaired) electrons. The molecule has 0 aliphatic rings. The van der Waals surface area contributed by atoms with Crippen LogP contribution in [0.3, 0.4) is 0 Å². The van der Waals surface area contributed by atoms with Gasteiger partial charge in [-0.25, -0.2) is 0 Å². The zero-order chi connectivity index (χ0) is 11.3. The monoisotopic (exact) mass is 205 g/mol. The average molecular weight is 205 g/mol. The Bertz CT molecular complexity index is 346. The fraction of sp³-hybridized carbons (Fsp3) is 0.250. The van der Waals surface area contributed by atoms with Crippen molar-refractivity contribution in [2.45, 2.75) is 6.92 Å². The van der Waals surface area contributed by atoms with Gasteiger partial charge in [0.1, 0.15) is 5.78 Å². The number of Topliss-reactive ketones (excluding diaryl/α,β-unsaturated/α-hetero) is 1. The molecule has 0 spiro atoms. The van der Waals surface area contributed by atoms with Gasteiger partial charge < -0.3 is 10.4 Å². The van der Waals surface area contributed by atoms with Crippen LogP contribution in [0, 0.1) is 5.92 Å². The van der Waals surface area contributed by atoms with E-state index in [4.69, 9.17) is 5.11 Å². The molecule has 0 heterocycles. The van der Waals surface area contributed by atoms with Crippen LogP contribution >= 0.6 is 0 Å². The number of nitrogens with one attached hydrogen (secondary N) is 1. The maximum Gasteiger partial charge on any atom is 0.141 e. The van der Waals surface area contributed by atoms with Crippen molar-refractivity contribution < 1.29 is 9.90 Å². The average Bonchev–Trinajstić information content (AvgIpc) is 2.19. The van der Waals surface area contributed by atoms with Gasteiger partial charge in [0.25, 0.3) is 0 Å². The van der Waals surface area contributed by atoms with Gasteiger partial charge in [0, 0.05) is 11.4 Å². The Hall–Kier alpha value is -1.61. The van der Waals surface area contributed by atoms with Crippen molar-refractivity contribution in [2.75, 3.05) is 11.9 Å². The van der Waals surface area contributed by atoms with Crippen LogP contribution in [0.1, 0.15) is 6.92 Å². The summed E-state index contributed by atoms with van der Waals surface area (Å²) < 4.78 is 0. The molecule has 0 aromatic heterocycles. The fourth-order valence-electron chi connectivity index (χ4n) is 1.28. The molecule has 0 amide bonds. The zero-order valence-electron chi connectivity index (χ0n) is 8.73. The number of benzene rings is 1. The summed E-state index contributed by atoms with van der Waals surface area (Å²) in [5.41, 5.74) is 1.39. The molecule has 1 aromatic carbocycles. The third-order valence-electron chi connectivity index (χ3n) is 2.17. The normalized spacial score (nSPS) is 11.9. The smallest absolute Gasteiger partial charge is 0.141 e. The number of hydrogen-bond donors (Lipinski definition) is 2. The standard InChI is InChI=1S/C12H15NO2/c1-9(12(8-14)10(2)15)13-11-6-4-3-5-7-11/h3-7,12-14H,1,8H2,2H3. The largest absolute Gasteiger partial charge is 0.395 e. The lowest BCUT2D eigenvalue weighted by molar-refractivity contribution is -0.120. The van der Waals surface area contributed by atoms with E-state index in [0.29, 0.717) is 5.70 Å². The highest BCUT2D eigenvalue weighted by Crippen LogP contribution is 2.14. The summed E-state index contributed by atoms with van der Waals surface area (Å²) in [6, 6.07) is 9.43. The molecule has 3 nitrogen and oxygen atoms in total. The lowest BCUT2D eigenvalue weighted by Crippen LogP contribution is -2.21. The SMILES string of the molecule is C=C(Nc1ccccc1)C(CO)C(C)=O. The van der Waals surface area contributed by atoms with Crippen LogP contribution < -0.4 is 5.32 Å². The molecular weight excluding hydrogens is 190 g/mol. The van der Waals surface area contributed by atoms with E-state index in [9.17, 15) is 4.79 Å².